The number of benzene rings is 3. The first-order valence-corrected chi connectivity index (χ1v) is 20.4. The molecule has 0 radical (unpaired) electrons. The number of nitrogens with zero attached hydrogens (tertiary/aromatic N) is 1. The number of morpholine rings is 1. The monoisotopic (exact) mass is 826 g/mol. The van der Waals surface area contributed by atoms with Crippen LogP contribution in [0.5, 0.6) is 5.75 Å². The van der Waals surface area contributed by atoms with Crippen LogP contribution in [0, 0.1) is 10.8 Å². The molecule has 7 nitrogen and oxygen atoms in total. The van der Waals surface area contributed by atoms with Crippen molar-refractivity contribution in [1.82, 2.24) is 26.2 Å². The molecule has 344 valence electrons. The number of hydrogen-bond acceptors (Lipinski definition) is 7. The zero-order chi connectivity index (χ0) is 40.0. The average Bonchev–Trinajstić information content (AvgIpc) is 3.54. The lowest BCUT2D eigenvalue weighted by molar-refractivity contribution is 0.0382. The molecule has 7 heteroatoms. The van der Waals surface area contributed by atoms with Crippen molar-refractivity contribution in [2.24, 2.45) is 10.8 Å². The van der Waals surface area contributed by atoms with E-state index in [4.69, 9.17) is 9.47 Å². The maximum atomic E-state index is 5.27. The maximum absolute atomic E-state index is 5.27. The third kappa shape index (κ3) is 32.6. The van der Waals surface area contributed by atoms with E-state index in [1.54, 1.807) is 7.11 Å². The third-order valence-corrected chi connectivity index (χ3v) is 8.87. The molecular weight excluding hydrogens is 727 g/mol. The Morgan fingerprint density at radius 3 is 1.61 bits per heavy atom. The van der Waals surface area contributed by atoms with E-state index in [2.05, 4.69) is 163 Å². The SMILES string of the molecule is C.C.C.C.C.CC(C)(C)CNC1Cc2ccccc2C1.CC(C)(C)CNCc1ccccc1.CC(C)NCCN1CCOCC1.COc1ccc(CNC(C)(C)C)cc1. The minimum absolute atomic E-state index is 0. The Morgan fingerprint density at radius 2 is 1.15 bits per heavy atom. The molecule has 0 bridgehead atoms. The molecule has 0 spiro atoms. The minimum atomic E-state index is 0. The smallest absolute Gasteiger partial charge is 0.118 e. The Hall–Kier alpha value is -2.78. The van der Waals surface area contributed by atoms with E-state index in [-0.39, 0.29) is 42.7 Å². The van der Waals surface area contributed by atoms with Crippen molar-refractivity contribution >= 4 is 0 Å². The predicted octanol–water partition coefficient (Wildman–Crippen LogP) is 11.7. The Labute approximate surface area is 368 Å². The fraction of sp³-hybridized carbons (Fsp3) is 0.654. The summed E-state index contributed by atoms with van der Waals surface area (Å²) in [5.74, 6) is 0.907. The highest BCUT2D eigenvalue weighted by Gasteiger charge is 2.22. The fourth-order valence-electron chi connectivity index (χ4n) is 5.78. The summed E-state index contributed by atoms with van der Waals surface area (Å²) in [6.07, 6.45) is 2.40. The summed E-state index contributed by atoms with van der Waals surface area (Å²) < 4.78 is 10.4. The summed E-state index contributed by atoms with van der Waals surface area (Å²) >= 11 is 0. The van der Waals surface area contributed by atoms with Gasteiger partial charge in [0.2, 0.25) is 0 Å². The van der Waals surface area contributed by atoms with Crippen molar-refractivity contribution in [2.45, 2.75) is 157 Å². The van der Waals surface area contributed by atoms with Gasteiger partial charge in [-0.05, 0) is 78.8 Å². The first-order chi connectivity index (χ1) is 25.4. The normalized spacial score (nSPS) is 13.6. The van der Waals surface area contributed by atoms with Crippen LogP contribution >= 0.6 is 0 Å². The summed E-state index contributed by atoms with van der Waals surface area (Å²) in [5.41, 5.74) is 6.61. The molecule has 1 fully saturated rings. The first-order valence-electron chi connectivity index (χ1n) is 20.4. The molecule has 1 aliphatic carbocycles. The number of fused-ring (bicyclic) bond motifs is 1. The van der Waals surface area contributed by atoms with E-state index in [0.717, 1.165) is 71.3 Å². The summed E-state index contributed by atoms with van der Waals surface area (Å²) in [6, 6.07) is 28.7. The number of methoxy groups -OCH3 is 1. The number of nitrogens with one attached hydrogen (secondary N) is 4. The molecule has 4 N–H and O–H groups in total. The molecule has 0 amide bonds. The Morgan fingerprint density at radius 1 is 0.661 bits per heavy atom. The molecule has 59 heavy (non-hydrogen) atoms. The molecule has 0 aromatic heterocycles. The van der Waals surface area contributed by atoms with Crippen molar-refractivity contribution in [3.8, 4) is 5.75 Å². The largest absolute Gasteiger partial charge is 0.497 e. The second kappa shape index (κ2) is 32.9. The number of ether oxygens (including phenoxy) is 2. The second-order valence-corrected chi connectivity index (χ2v) is 18.5. The zero-order valence-corrected chi connectivity index (χ0v) is 36.4. The standard InChI is InChI=1S/C14H21N.C12H19NO.C12H19N.C9H20N2O.5CH4/c1-14(2,3)10-15-13-8-11-6-4-5-7-12(11)9-13;1-12(2,3)13-9-10-5-7-11(14-4)8-6-10;1-12(2,3)10-13-9-11-7-5-4-6-8-11;1-9(2)10-3-4-11-5-7-12-8-6-11;;;;;/h4-7,13,15H,8-10H2,1-3H3;5-8,13H,9H2,1-4H3;4-8,13H,9-10H2,1-3H3;9-10H,3-8H2,1-2H3;5*1H4. The minimum Gasteiger partial charge on any atom is -0.497 e. The molecule has 0 atom stereocenters. The van der Waals surface area contributed by atoms with Crippen molar-refractivity contribution < 1.29 is 9.47 Å². The maximum Gasteiger partial charge on any atom is 0.118 e. The van der Waals surface area contributed by atoms with Gasteiger partial charge in [-0.25, -0.2) is 0 Å². The molecule has 0 saturated carbocycles. The number of rotatable bonds is 12. The fourth-order valence-corrected chi connectivity index (χ4v) is 5.78. The highest BCUT2D eigenvalue weighted by molar-refractivity contribution is 5.33. The van der Waals surface area contributed by atoms with Gasteiger partial charge in [-0.3, -0.25) is 4.90 Å². The van der Waals surface area contributed by atoms with Crippen molar-refractivity contribution in [3.63, 3.8) is 0 Å². The van der Waals surface area contributed by atoms with Crippen molar-refractivity contribution in [3.05, 3.63) is 101 Å². The van der Waals surface area contributed by atoms with Gasteiger partial charge in [-0.15, -0.1) is 0 Å². The van der Waals surface area contributed by atoms with E-state index in [9.17, 15) is 0 Å². The zero-order valence-electron chi connectivity index (χ0n) is 36.4. The summed E-state index contributed by atoms with van der Waals surface area (Å²) in [4.78, 5) is 2.44. The molecule has 1 aliphatic heterocycles. The highest BCUT2D eigenvalue weighted by Crippen LogP contribution is 2.22. The van der Waals surface area contributed by atoms with Gasteiger partial charge in [0.1, 0.15) is 5.75 Å². The van der Waals surface area contributed by atoms with Crippen LogP contribution in [0.25, 0.3) is 0 Å². The average molecular weight is 826 g/mol. The lowest BCUT2D eigenvalue weighted by Gasteiger charge is -2.26. The molecule has 5 rings (SSSR count). The summed E-state index contributed by atoms with van der Waals surface area (Å²) in [7, 11) is 1.68. The summed E-state index contributed by atoms with van der Waals surface area (Å²) in [6.45, 7) is 34.7. The van der Waals surface area contributed by atoms with Crippen LogP contribution in [0.2, 0.25) is 0 Å². The Balaban J connectivity index is -0.000000333. The Bertz CT molecular complexity index is 1340. The first kappa shape index (κ1) is 62.9. The lowest BCUT2D eigenvalue weighted by Crippen LogP contribution is -2.41. The molecule has 1 saturated heterocycles. The lowest BCUT2D eigenvalue weighted by atomic mass is 9.96. The van der Waals surface area contributed by atoms with Gasteiger partial charge in [0, 0.05) is 70.0 Å². The van der Waals surface area contributed by atoms with E-state index in [1.165, 1.54) is 35.1 Å². The van der Waals surface area contributed by atoms with Gasteiger partial charge < -0.3 is 30.7 Å². The second-order valence-electron chi connectivity index (χ2n) is 18.5. The van der Waals surface area contributed by atoms with Crippen molar-refractivity contribution in [2.75, 3.05) is 59.6 Å². The van der Waals surface area contributed by atoms with E-state index >= 15 is 0 Å². The van der Waals surface area contributed by atoms with Crippen LogP contribution in [0.15, 0.2) is 78.9 Å². The number of hydrogen-bond donors (Lipinski definition) is 4. The van der Waals surface area contributed by atoms with Gasteiger partial charge in [0.15, 0.2) is 0 Å². The predicted molar refractivity (Wildman–Crippen MR) is 266 cm³/mol. The molecule has 2 aliphatic rings. The van der Waals surface area contributed by atoms with E-state index in [1.807, 2.05) is 18.2 Å². The van der Waals surface area contributed by atoms with Crippen LogP contribution in [-0.2, 0) is 30.7 Å². The molecule has 0 unspecified atom stereocenters. The molecule has 3 aromatic carbocycles. The topological polar surface area (TPSA) is 69.8 Å². The summed E-state index contributed by atoms with van der Waals surface area (Å²) in [5, 5.41) is 14.0. The van der Waals surface area contributed by atoms with Gasteiger partial charge in [-0.1, -0.05) is 159 Å². The van der Waals surface area contributed by atoms with Crippen molar-refractivity contribution in [1.29, 1.82) is 0 Å². The van der Waals surface area contributed by atoms with E-state index < -0.39 is 0 Å². The molecular formula is C52H99N5O2. The molecule has 3 aromatic rings. The van der Waals surface area contributed by atoms with Gasteiger partial charge in [0.05, 0.1) is 20.3 Å². The van der Waals surface area contributed by atoms with Crippen LogP contribution in [0.1, 0.15) is 136 Å². The van der Waals surface area contributed by atoms with Gasteiger partial charge >= 0.3 is 0 Å². The quantitative estimate of drug-likeness (QED) is 0.145. The van der Waals surface area contributed by atoms with Gasteiger partial charge in [0.25, 0.3) is 0 Å². The molecule has 1 heterocycles. The van der Waals surface area contributed by atoms with Crippen LogP contribution < -0.4 is 26.0 Å². The van der Waals surface area contributed by atoms with E-state index in [0.29, 0.717) is 22.9 Å². The highest BCUT2D eigenvalue weighted by atomic mass is 16.5. The third-order valence-electron chi connectivity index (χ3n) is 8.87. The van der Waals surface area contributed by atoms with Crippen LogP contribution in [0.3, 0.4) is 0 Å². The van der Waals surface area contributed by atoms with Crippen LogP contribution in [-0.4, -0.2) is 82.1 Å². The van der Waals surface area contributed by atoms with Crippen LogP contribution in [0.4, 0.5) is 0 Å². The van der Waals surface area contributed by atoms with Gasteiger partial charge in [-0.2, -0.15) is 0 Å². The Kier molecular flexibility index (Phi) is 35.1.